The molecule has 0 saturated carbocycles. The Kier molecular flexibility index (Phi) is 7.25. The van der Waals surface area contributed by atoms with E-state index in [0.29, 0.717) is 12.5 Å². The predicted molar refractivity (Wildman–Crippen MR) is 97.4 cm³/mol. The minimum Gasteiger partial charge on any atom is -0.465 e. The van der Waals surface area contributed by atoms with Crippen molar-refractivity contribution in [3.63, 3.8) is 0 Å². The molecule has 1 aliphatic heterocycles. The molecule has 1 aromatic carbocycles. The molecule has 140 valence electrons. The molecule has 1 saturated heterocycles. The van der Waals surface area contributed by atoms with Crippen LogP contribution in [0.3, 0.4) is 0 Å². The van der Waals surface area contributed by atoms with Crippen LogP contribution >= 0.6 is 11.6 Å². The third-order valence-corrected chi connectivity index (χ3v) is 6.13. The van der Waals surface area contributed by atoms with E-state index in [1.54, 1.807) is 0 Å². The first-order valence-electron chi connectivity index (χ1n) is 8.43. The number of ether oxygens (including phenoxy) is 1. The first kappa shape index (κ1) is 20.2. The Morgan fingerprint density at radius 2 is 2.20 bits per heavy atom. The van der Waals surface area contributed by atoms with E-state index in [1.807, 2.05) is 0 Å². The molecule has 1 heterocycles. The van der Waals surface area contributed by atoms with E-state index in [9.17, 15) is 13.2 Å². The lowest BCUT2D eigenvalue weighted by atomic mass is 10.0. The first-order valence-corrected chi connectivity index (χ1v) is 10.3. The highest BCUT2D eigenvalue weighted by atomic mass is 35.5. The van der Waals surface area contributed by atoms with Gasteiger partial charge in [-0.15, -0.1) is 0 Å². The molecule has 1 aliphatic rings. The standard InChI is InChI=1S/C17H25ClN2O4S/c1-13-5-3-9-20(12-13)10-4-8-19-25(22,23)14-6-7-16(18)15(11-14)17(21)24-2/h6-7,11,13,19H,3-5,8-10,12H2,1-2H3/t13-/m0/s1. The van der Waals surface area contributed by atoms with Gasteiger partial charge in [0.25, 0.3) is 0 Å². The Hall–Kier alpha value is -1.15. The van der Waals surface area contributed by atoms with Gasteiger partial charge in [-0.25, -0.2) is 17.9 Å². The Bertz CT molecular complexity index is 709. The van der Waals surface area contributed by atoms with Gasteiger partial charge in [0.05, 0.1) is 22.6 Å². The number of likely N-dealkylation sites (tertiary alicyclic amines) is 1. The topological polar surface area (TPSA) is 75.7 Å². The molecule has 0 aromatic heterocycles. The largest absolute Gasteiger partial charge is 0.465 e. The summed E-state index contributed by atoms with van der Waals surface area (Å²) in [5, 5.41) is 0.157. The molecule has 1 N–H and O–H groups in total. The van der Waals surface area contributed by atoms with E-state index < -0.39 is 16.0 Å². The van der Waals surface area contributed by atoms with Gasteiger partial charge in [0.1, 0.15) is 0 Å². The van der Waals surface area contributed by atoms with Gasteiger partial charge >= 0.3 is 5.97 Å². The summed E-state index contributed by atoms with van der Waals surface area (Å²) < 4.78 is 32.0. The molecule has 0 aliphatic carbocycles. The highest BCUT2D eigenvalue weighted by Gasteiger charge is 2.19. The Balaban J connectivity index is 1.92. The number of carbonyl (C=O) groups is 1. The lowest BCUT2D eigenvalue weighted by molar-refractivity contribution is 0.0600. The molecule has 6 nitrogen and oxygen atoms in total. The van der Waals surface area contributed by atoms with E-state index in [0.717, 1.165) is 26.1 Å². The summed E-state index contributed by atoms with van der Waals surface area (Å²) in [6.45, 7) is 5.63. The Morgan fingerprint density at radius 1 is 1.44 bits per heavy atom. The fourth-order valence-corrected chi connectivity index (χ4v) is 4.31. The molecule has 2 rings (SSSR count). The molecule has 8 heteroatoms. The fraction of sp³-hybridized carbons (Fsp3) is 0.588. The van der Waals surface area contributed by atoms with Gasteiger partial charge in [0, 0.05) is 13.1 Å². The molecule has 1 atom stereocenters. The van der Waals surface area contributed by atoms with Gasteiger partial charge < -0.3 is 9.64 Å². The second-order valence-corrected chi connectivity index (χ2v) is 8.61. The van der Waals surface area contributed by atoms with Crippen molar-refractivity contribution in [2.24, 2.45) is 5.92 Å². The average molecular weight is 389 g/mol. The van der Waals surface area contributed by atoms with Gasteiger partial charge in [-0.05, 0) is 56.5 Å². The van der Waals surface area contributed by atoms with Crippen LogP contribution in [0.5, 0.6) is 0 Å². The van der Waals surface area contributed by atoms with Gasteiger partial charge in [-0.2, -0.15) is 0 Å². The summed E-state index contributed by atoms with van der Waals surface area (Å²) in [6.07, 6.45) is 3.21. The normalized spacial score (nSPS) is 18.9. The highest BCUT2D eigenvalue weighted by Crippen LogP contribution is 2.21. The monoisotopic (exact) mass is 388 g/mol. The molecular formula is C17H25ClN2O4S. The van der Waals surface area contributed by atoms with E-state index in [2.05, 4.69) is 21.3 Å². The molecule has 1 fully saturated rings. The maximum atomic E-state index is 12.4. The van der Waals surface area contributed by atoms with Crippen LogP contribution < -0.4 is 4.72 Å². The zero-order chi connectivity index (χ0) is 18.4. The number of nitrogens with zero attached hydrogens (tertiary/aromatic N) is 1. The Labute approximate surface area is 154 Å². The van der Waals surface area contributed by atoms with Gasteiger partial charge in [0.2, 0.25) is 10.0 Å². The Morgan fingerprint density at radius 3 is 2.88 bits per heavy atom. The SMILES string of the molecule is COC(=O)c1cc(S(=O)(=O)NCCCN2CCC[C@H](C)C2)ccc1Cl. The third kappa shape index (κ3) is 5.67. The molecule has 0 unspecified atom stereocenters. The third-order valence-electron chi connectivity index (χ3n) is 4.34. The van der Waals surface area contributed by atoms with Crippen molar-refractivity contribution in [3.8, 4) is 0 Å². The summed E-state index contributed by atoms with van der Waals surface area (Å²) in [6, 6.07) is 4.00. The number of piperidine rings is 1. The number of carbonyl (C=O) groups excluding carboxylic acids is 1. The first-order chi connectivity index (χ1) is 11.8. The zero-order valence-electron chi connectivity index (χ0n) is 14.6. The van der Waals surface area contributed by atoms with Crippen molar-refractivity contribution in [2.75, 3.05) is 33.3 Å². The lowest BCUT2D eigenvalue weighted by Gasteiger charge is -2.30. The van der Waals surface area contributed by atoms with Gasteiger partial charge in [-0.3, -0.25) is 0 Å². The zero-order valence-corrected chi connectivity index (χ0v) is 16.2. The molecule has 0 amide bonds. The quantitative estimate of drug-likeness (QED) is 0.573. The van der Waals surface area contributed by atoms with E-state index in [1.165, 1.54) is 38.2 Å². The number of halogens is 1. The lowest BCUT2D eigenvalue weighted by Crippen LogP contribution is -2.36. The maximum absolute atomic E-state index is 12.4. The van der Waals surface area contributed by atoms with E-state index in [-0.39, 0.29) is 15.5 Å². The van der Waals surface area contributed by atoms with Crippen molar-refractivity contribution in [3.05, 3.63) is 28.8 Å². The van der Waals surface area contributed by atoms with Crippen LogP contribution in [0.15, 0.2) is 23.1 Å². The van der Waals surface area contributed by atoms with Crippen molar-refractivity contribution in [2.45, 2.75) is 31.1 Å². The summed E-state index contributed by atoms with van der Waals surface area (Å²) in [5.41, 5.74) is 0.0364. The van der Waals surface area contributed by atoms with E-state index in [4.69, 9.17) is 11.6 Å². The molecule has 0 bridgehead atoms. The van der Waals surface area contributed by atoms with Crippen LogP contribution in [0, 0.1) is 5.92 Å². The second-order valence-electron chi connectivity index (χ2n) is 6.43. The van der Waals surface area contributed by atoms with Crippen molar-refractivity contribution < 1.29 is 17.9 Å². The molecule has 0 radical (unpaired) electrons. The number of sulfonamides is 1. The summed E-state index contributed by atoms with van der Waals surface area (Å²) in [4.78, 5) is 14.0. The fourth-order valence-electron chi connectivity index (χ4n) is 3.02. The van der Waals surface area contributed by atoms with Crippen molar-refractivity contribution in [1.29, 1.82) is 0 Å². The van der Waals surface area contributed by atoms with Crippen LogP contribution in [0.1, 0.15) is 36.5 Å². The van der Waals surface area contributed by atoms with Crippen LogP contribution in [0.4, 0.5) is 0 Å². The number of hydrogen-bond acceptors (Lipinski definition) is 5. The van der Waals surface area contributed by atoms with E-state index >= 15 is 0 Å². The second kappa shape index (κ2) is 8.98. The highest BCUT2D eigenvalue weighted by molar-refractivity contribution is 7.89. The molecular weight excluding hydrogens is 364 g/mol. The average Bonchev–Trinajstić information content (AvgIpc) is 2.58. The number of benzene rings is 1. The van der Waals surface area contributed by atoms with Crippen LogP contribution in [0.25, 0.3) is 0 Å². The number of rotatable bonds is 7. The molecule has 25 heavy (non-hydrogen) atoms. The van der Waals surface area contributed by atoms with Crippen LogP contribution in [-0.4, -0.2) is 52.6 Å². The van der Waals surface area contributed by atoms with Gasteiger partial charge in [0.15, 0.2) is 0 Å². The van der Waals surface area contributed by atoms with Crippen LogP contribution in [-0.2, 0) is 14.8 Å². The number of methoxy groups -OCH3 is 1. The summed E-state index contributed by atoms with van der Waals surface area (Å²) in [7, 11) is -2.47. The minimum atomic E-state index is -3.69. The predicted octanol–water partition coefficient (Wildman–Crippen LogP) is 2.53. The minimum absolute atomic E-state index is 0.00361. The summed E-state index contributed by atoms with van der Waals surface area (Å²) in [5.74, 6) is 0.0394. The van der Waals surface area contributed by atoms with Gasteiger partial charge in [-0.1, -0.05) is 18.5 Å². The van der Waals surface area contributed by atoms with Crippen molar-refractivity contribution in [1.82, 2.24) is 9.62 Å². The number of nitrogens with one attached hydrogen (secondary N) is 1. The number of hydrogen-bond donors (Lipinski definition) is 1. The maximum Gasteiger partial charge on any atom is 0.339 e. The molecule has 1 aromatic rings. The summed E-state index contributed by atoms with van der Waals surface area (Å²) >= 11 is 5.92. The van der Waals surface area contributed by atoms with Crippen molar-refractivity contribution >= 4 is 27.6 Å². The smallest absolute Gasteiger partial charge is 0.339 e. The molecule has 0 spiro atoms. The number of esters is 1. The van der Waals surface area contributed by atoms with Crippen LogP contribution in [0.2, 0.25) is 5.02 Å².